The van der Waals surface area contributed by atoms with E-state index in [1.165, 1.54) is 11.1 Å². The number of aromatic nitrogens is 2. The number of nitriles is 1. The van der Waals surface area contributed by atoms with Crippen molar-refractivity contribution < 1.29 is 19.1 Å². The van der Waals surface area contributed by atoms with Crippen molar-refractivity contribution in [3.63, 3.8) is 0 Å². The van der Waals surface area contributed by atoms with Crippen LogP contribution in [0.15, 0.2) is 18.3 Å². The van der Waals surface area contributed by atoms with Crippen molar-refractivity contribution in [2.75, 3.05) is 54.3 Å². The highest BCUT2D eigenvalue weighted by atomic mass is 32.2. The molecule has 11 nitrogen and oxygen atoms in total. The van der Waals surface area contributed by atoms with E-state index in [-0.39, 0.29) is 18.1 Å². The number of nitrogens with one attached hydrogen (secondary N) is 2. The second kappa shape index (κ2) is 12.7. The lowest BCUT2D eigenvalue weighted by atomic mass is 10.0. The van der Waals surface area contributed by atoms with Crippen LogP contribution in [0.1, 0.15) is 46.4 Å². The van der Waals surface area contributed by atoms with Gasteiger partial charge in [-0.3, -0.25) is 19.8 Å². The van der Waals surface area contributed by atoms with E-state index in [1.54, 1.807) is 29.8 Å². The molecule has 1 atom stereocenters. The first-order chi connectivity index (χ1) is 18.4. The Balaban J connectivity index is 1.51. The van der Waals surface area contributed by atoms with E-state index < -0.39 is 12.1 Å². The molecule has 1 saturated heterocycles. The largest absolute Gasteiger partial charge is 0.383 e. The molecule has 0 aliphatic carbocycles. The number of nitrogens with zero attached hydrogens (tertiary/aromatic N) is 5. The van der Waals surface area contributed by atoms with E-state index in [0.29, 0.717) is 67.3 Å². The van der Waals surface area contributed by atoms with Crippen LogP contribution < -0.4 is 15.5 Å². The highest BCUT2D eigenvalue weighted by molar-refractivity contribution is 7.98. The topological polar surface area (TPSA) is 141 Å². The Labute approximate surface area is 225 Å². The molecule has 0 aromatic carbocycles. The fraction of sp³-hybridized carbons (Fsp3) is 0.462. The molecule has 200 valence electrons. The second-order valence-electron chi connectivity index (χ2n) is 9.16. The number of pyridine rings is 2. The maximum absolute atomic E-state index is 13.2. The summed E-state index contributed by atoms with van der Waals surface area (Å²) in [4.78, 5) is 49.7. The number of anilines is 3. The summed E-state index contributed by atoms with van der Waals surface area (Å²) in [7, 11) is 1.69. The monoisotopic (exact) mass is 537 g/mol. The number of hydrogen-bond acceptors (Lipinski definition) is 9. The number of aldehydes is 1. The molecule has 2 N–H and O–H groups in total. The van der Waals surface area contributed by atoms with E-state index in [0.717, 1.165) is 24.2 Å². The predicted molar refractivity (Wildman–Crippen MR) is 146 cm³/mol. The van der Waals surface area contributed by atoms with E-state index in [9.17, 15) is 19.6 Å². The average molecular weight is 538 g/mol. The molecule has 1 fully saturated rings. The Kier molecular flexibility index (Phi) is 9.15. The Bertz CT molecular complexity index is 1240. The minimum atomic E-state index is -0.443. The molecule has 2 aliphatic heterocycles. The molecule has 2 aromatic heterocycles. The summed E-state index contributed by atoms with van der Waals surface area (Å²) in [5.74, 6) is 1.47. The first-order valence-corrected chi connectivity index (χ1v) is 13.9. The Hall–Kier alpha value is -3.69. The molecule has 3 amide bonds. The lowest BCUT2D eigenvalue weighted by Gasteiger charge is -2.29. The smallest absolute Gasteiger partial charge is 0.328 e. The van der Waals surface area contributed by atoms with Gasteiger partial charge in [-0.15, -0.1) is 0 Å². The normalized spacial score (nSPS) is 16.3. The molecule has 2 aliphatic rings. The van der Waals surface area contributed by atoms with Gasteiger partial charge in [0.2, 0.25) is 0 Å². The molecule has 0 bridgehead atoms. The Morgan fingerprint density at radius 2 is 2.21 bits per heavy atom. The minimum Gasteiger partial charge on any atom is -0.383 e. The zero-order valence-corrected chi connectivity index (χ0v) is 22.3. The number of thioether (sulfide) groups is 1. The fourth-order valence-corrected chi connectivity index (χ4v) is 4.87. The van der Waals surface area contributed by atoms with Crippen LogP contribution in [0, 0.1) is 11.3 Å². The first kappa shape index (κ1) is 27.3. The van der Waals surface area contributed by atoms with Crippen molar-refractivity contribution in [3.8, 4) is 6.07 Å². The van der Waals surface area contributed by atoms with Gasteiger partial charge in [0.1, 0.15) is 29.5 Å². The highest BCUT2D eigenvalue weighted by Crippen LogP contribution is 2.29. The van der Waals surface area contributed by atoms with Gasteiger partial charge in [0.25, 0.3) is 5.91 Å². The van der Waals surface area contributed by atoms with E-state index in [4.69, 9.17) is 4.74 Å². The van der Waals surface area contributed by atoms with Crippen LogP contribution >= 0.6 is 11.8 Å². The standard InChI is InChI=1S/C26H31N7O4S/c1-32(25(35)22-6-4-9-37-22)15-18-11-17-5-3-8-33(24(17)30-21(18)16-34)26(36)31-23-12-20(28-7-10-38-2)19(13-27)14-29-23/h11-12,14,16,22H,3-10,15H2,1-2H3,(H2,28,29,31,36)/t22-/m0/s1. The molecule has 38 heavy (non-hydrogen) atoms. The lowest BCUT2D eigenvalue weighted by Crippen LogP contribution is -2.40. The number of likely N-dealkylation sites (N-methyl/N-ethyl adjacent to an activating group) is 1. The van der Waals surface area contributed by atoms with Crippen molar-refractivity contribution >= 4 is 47.3 Å². The van der Waals surface area contributed by atoms with Gasteiger partial charge in [0.05, 0.1) is 11.3 Å². The third-order valence-corrected chi connectivity index (χ3v) is 7.11. The van der Waals surface area contributed by atoms with Crippen molar-refractivity contribution in [1.29, 1.82) is 5.26 Å². The molecule has 0 unspecified atom stereocenters. The van der Waals surface area contributed by atoms with Crippen LogP contribution in [0.25, 0.3) is 0 Å². The molecule has 4 rings (SSSR count). The molecule has 12 heteroatoms. The second-order valence-corrected chi connectivity index (χ2v) is 10.1. The lowest BCUT2D eigenvalue weighted by molar-refractivity contribution is -0.140. The van der Waals surface area contributed by atoms with Crippen LogP contribution in [0.2, 0.25) is 0 Å². The van der Waals surface area contributed by atoms with Gasteiger partial charge in [-0.1, -0.05) is 0 Å². The summed E-state index contributed by atoms with van der Waals surface area (Å²) in [6, 6.07) is 5.17. The Morgan fingerprint density at radius 3 is 2.92 bits per heavy atom. The number of rotatable bonds is 9. The number of urea groups is 1. The van der Waals surface area contributed by atoms with Gasteiger partial charge in [0.15, 0.2) is 6.29 Å². The van der Waals surface area contributed by atoms with Crippen LogP contribution in [-0.2, 0) is 22.5 Å². The summed E-state index contributed by atoms with van der Waals surface area (Å²) in [5, 5.41) is 15.4. The number of ether oxygens (including phenoxy) is 1. The molecule has 0 radical (unpaired) electrons. The summed E-state index contributed by atoms with van der Waals surface area (Å²) < 4.78 is 5.50. The summed E-state index contributed by atoms with van der Waals surface area (Å²) >= 11 is 1.68. The third-order valence-electron chi connectivity index (χ3n) is 6.50. The van der Waals surface area contributed by atoms with Crippen LogP contribution in [0.3, 0.4) is 0 Å². The van der Waals surface area contributed by atoms with Gasteiger partial charge >= 0.3 is 6.03 Å². The van der Waals surface area contributed by atoms with E-state index in [1.807, 2.05) is 12.3 Å². The molecule has 0 spiro atoms. The number of aryl methyl sites for hydroxylation is 1. The van der Waals surface area contributed by atoms with Crippen molar-refractivity contribution in [3.05, 3.63) is 40.7 Å². The van der Waals surface area contributed by atoms with Gasteiger partial charge in [-0.2, -0.15) is 17.0 Å². The van der Waals surface area contributed by atoms with Gasteiger partial charge in [-0.05, 0) is 43.6 Å². The summed E-state index contributed by atoms with van der Waals surface area (Å²) in [5.41, 5.74) is 2.63. The minimum absolute atomic E-state index is 0.115. The molecule has 0 saturated carbocycles. The maximum atomic E-state index is 13.2. The number of amides is 3. The van der Waals surface area contributed by atoms with Crippen LogP contribution in [0.5, 0.6) is 0 Å². The number of fused-ring (bicyclic) bond motifs is 1. The quantitative estimate of drug-likeness (QED) is 0.365. The van der Waals surface area contributed by atoms with Gasteiger partial charge in [-0.25, -0.2) is 14.8 Å². The SMILES string of the molecule is CSCCNc1cc(NC(=O)N2CCCc3cc(CN(C)C(=O)[C@@H]4CCCO4)c(C=O)nc32)ncc1C#N. The van der Waals surface area contributed by atoms with E-state index >= 15 is 0 Å². The predicted octanol–water partition coefficient (Wildman–Crippen LogP) is 3.06. The molecule has 2 aromatic rings. The summed E-state index contributed by atoms with van der Waals surface area (Å²) in [6.45, 7) is 1.90. The molecular formula is C26H31N7O4S. The van der Waals surface area contributed by atoms with E-state index in [2.05, 4.69) is 26.7 Å². The molecule has 4 heterocycles. The zero-order valence-electron chi connectivity index (χ0n) is 21.5. The van der Waals surface area contributed by atoms with Gasteiger partial charge < -0.3 is 15.0 Å². The molecular weight excluding hydrogens is 506 g/mol. The van der Waals surface area contributed by atoms with Gasteiger partial charge in [0, 0.05) is 56.9 Å². The zero-order chi connectivity index (χ0) is 27.1. The maximum Gasteiger partial charge on any atom is 0.328 e. The highest BCUT2D eigenvalue weighted by Gasteiger charge is 2.29. The van der Waals surface area contributed by atoms with Crippen molar-refractivity contribution in [2.45, 2.75) is 38.3 Å². The van der Waals surface area contributed by atoms with Crippen LogP contribution in [0.4, 0.5) is 22.1 Å². The third kappa shape index (κ3) is 6.23. The number of carbonyl (C=O) groups is 3. The van der Waals surface area contributed by atoms with Crippen molar-refractivity contribution in [2.24, 2.45) is 0 Å². The van der Waals surface area contributed by atoms with Crippen LogP contribution in [-0.4, -0.2) is 77.9 Å². The van der Waals surface area contributed by atoms with Crippen molar-refractivity contribution in [1.82, 2.24) is 14.9 Å². The summed E-state index contributed by atoms with van der Waals surface area (Å²) in [6.07, 6.45) is 6.59. The average Bonchev–Trinajstić information content (AvgIpc) is 3.47. The Morgan fingerprint density at radius 1 is 1.37 bits per heavy atom. The number of hydrogen-bond donors (Lipinski definition) is 2. The first-order valence-electron chi connectivity index (χ1n) is 12.5. The fourth-order valence-electron chi connectivity index (χ4n) is 4.56. The number of carbonyl (C=O) groups excluding carboxylic acids is 3.